The lowest BCUT2D eigenvalue weighted by molar-refractivity contribution is 0.0685. The molecule has 1 aromatic heterocycles. The van der Waals surface area contributed by atoms with Crippen LogP contribution in [0.25, 0.3) is 0 Å². The zero-order valence-electron chi connectivity index (χ0n) is 11.4. The van der Waals surface area contributed by atoms with Gasteiger partial charge in [0.1, 0.15) is 11.4 Å². The highest BCUT2D eigenvalue weighted by Crippen LogP contribution is 2.08. The van der Waals surface area contributed by atoms with Crippen molar-refractivity contribution in [2.45, 2.75) is 6.42 Å². The van der Waals surface area contributed by atoms with Gasteiger partial charge in [-0.25, -0.2) is 14.6 Å². The normalized spacial score (nSPS) is 9.64. The summed E-state index contributed by atoms with van der Waals surface area (Å²) in [5, 5.41) is 17.9. The minimum absolute atomic E-state index is 0.216. The standard InChI is InChI=1S/C16H12N2O4/c17-12-6-4-10(5-7-12)2-1-3-11-8-13(15(19)20)18-14(9-11)16(21)22/h4-9H,3,17H2,(H,19,20)(H,21,22). The number of nitrogens with zero attached hydrogens (tertiary/aromatic N) is 1. The van der Waals surface area contributed by atoms with E-state index in [2.05, 4.69) is 16.8 Å². The van der Waals surface area contributed by atoms with Crippen molar-refractivity contribution in [3.63, 3.8) is 0 Å². The van der Waals surface area contributed by atoms with Gasteiger partial charge in [-0.15, -0.1) is 0 Å². The molecular formula is C16H12N2O4. The first-order valence-electron chi connectivity index (χ1n) is 6.27. The Kier molecular flexibility index (Phi) is 4.39. The Morgan fingerprint density at radius 3 is 2.09 bits per heavy atom. The highest BCUT2D eigenvalue weighted by Gasteiger charge is 2.12. The van der Waals surface area contributed by atoms with Gasteiger partial charge in [-0.1, -0.05) is 11.8 Å². The van der Waals surface area contributed by atoms with Gasteiger partial charge >= 0.3 is 11.9 Å². The predicted octanol–water partition coefficient (Wildman–Crippen LogP) is 1.65. The van der Waals surface area contributed by atoms with Gasteiger partial charge in [0, 0.05) is 17.7 Å². The monoisotopic (exact) mass is 296 g/mol. The molecule has 0 aliphatic rings. The number of anilines is 1. The molecule has 6 heteroatoms. The maximum absolute atomic E-state index is 11.0. The quantitative estimate of drug-likeness (QED) is 0.586. The summed E-state index contributed by atoms with van der Waals surface area (Å²) >= 11 is 0. The van der Waals surface area contributed by atoms with Crippen LogP contribution in [0.4, 0.5) is 5.69 Å². The van der Waals surface area contributed by atoms with E-state index in [9.17, 15) is 9.59 Å². The molecule has 0 unspecified atom stereocenters. The Hall–Kier alpha value is -3.33. The van der Waals surface area contributed by atoms with Crippen molar-refractivity contribution >= 4 is 17.6 Å². The number of carboxylic acid groups (broad SMARTS) is 2. The number of pyridine rings is 1. The Morgan fingerprint density at radius 1 is 1.05 bits per heavy atom. The van der Waals surface area contributed by atoms with Crippen molar-refractivity contribution in [2.24, 2.45) is 0 Å². The molecule has 1 heterocycles. The molecule has 0 saturated carbocycles. The van der Waals surface area contributed by atoms with E-state index in [1.165, 1.54) is 12.1 Å². The van der Waals surface area contributed by atoms with Crippen LogP contribution in [0.5, 0.6) is 0 Å². The number of aromatic carboxylic acids is 2. The summed E-state index contributed by atoms with van der Waals surface area (Å²) in [6.07, 6.45) is 0.216. The molecule has 2 rings (SSSR count). The Morgan fingerprint density at radius 2 is 1.59 bits per heavy atom. The minimum Gasteiger partial charge on any atom is -0.477 e. The number of nitrogens with two attached hydrogens (primary N) is 1. The SMILES string of the molecule is Nc1ccc(C#CCc2cc(C(=O)O)nc(C(=O)O)c2)cc1. The van der Waals surface area contributed by atoms with Gasteiger partial charge in [0.25, 0.3) is 0 Å². The van der Waals surface area contributed by atoms with Crippen molar-refractivity contribution < 1.29 is 19.8 Å². The highest BCUT2D eigenvalue weighted by molar-refractivity contribution is 5.90. The molecule has 22 heavy (non-hydrogen) atoms. The van der Waals surface area contributed by atoms with Crippen molar-refractivity contribution in [3.05, 3.63) is 58.9 Å². The van der Waals surface area contributed by atoms with Crippen LogP contribution in [0.1, 0.15) is 32.1 Å². The second-order valence-electron chi connectivity index (χ2n) is 4.46. The van der Waals surface area contributed by atoms with Gasteiger partial charge in [-0.2, -0.15) is 0 Å². The third kappa shape index (κ3) is 3.84. The minimum atomic E-state index is -1.28. The van der Waals surface area contributed by atoms with Crippen LogP contribution in [-0.2, 0) is 6.42 Å². The second kappa shape index (κ2) is 6.41. The molecule has 0 spiro atoms. The fourth-order valence-corrected chi connectivity index (χ4v) is 1.72. The van der Waals surface area contributed by atoms with Crippen LogP contribution in [0.3, 0.4) is 0 Å². The number of hydrogen-bond donors (Lipinski definition) is 3. The number of carboxylic acids is 2. The summed E-state index contributed by atoms with van der Waals surface area (Å²) in [4.78, 5) is 25.5. The van der Waals surface area contributed by atoms with Gasteiger partial charge in [-0.3, -0.25) is 0 Å². The first-order valence-corrected chi connectivity index (χ1v) is 6.27. The van der Waals surface area contributed by atoms with E-state index in [-0.39, 0.29) is 17.8 Å². The lowest BCUT2D eigenvalue weighted by atomic mass is 10.1. The van der Waals surface area contributed by atoms with Gasteiger partial charge in [0.2, 0.25) is 0 Å². The van der Waals surface area contributed by atoms with E-state index in [1.807, 2.05) is 0 Å². The number of nitrogen functional groups attached to an aromatic ring is 1. The van der Waals surface area contributed by atoms with E-state index in [0.29, 0.717) is 11.3 Å². The topological polar surface area (TPSA) is 114 Å². The van der Waals surface area contributed by atoms with Crippen LogP contribution >= 0.6 is 0 Å². The summed E-state index contributed by atoms with van der Waals surface area (Å²) < 4.78 is 0. The lowest BCUT2D eigenvalue weighted by Gasteiger charge is -2.01. The Balaban J connectivity index is 2.24. The van der Waals surface area contributed by atoms with Gasteiger partial charge in [-0.05, 0) is 42.0 Å². The third-order valence-corrected chi connectivity index (χ3v) is 2.76. The zero-order valence-corrected chi connectivity index (χ0v) is 11.4. The average Bonchev–Trinajstić information content (AvgIpc) is 2.49. The van der Waals surface area contributed by atoms with E-state index < -0.39 is 11.9 Å². The Labute approximate surface area is 126 Å². The molecule has 0 aliphatic carbocycles. The smallest absolute Gasteiger partial charge is 0.354 e. The van der Waals surface area contributed by atoms with Crippen LogP contribution in [0.2, 0.25) is 0 Å². The van der Waals surface area contributed by atoms with Gasteiger partial charge < -0.3 is 15.9 Å². The third-order valence-electron chi connectivity index (χ3n) is 2.76. The highest BCUT2D eigenvalue weighted by atomic mass is 16.4. The molecule has 0 aliphatic heterocycles. The molecule has 6 nitrogen and oxygen atoms in total. The van der Waals surface area contributed by atoms with Gasteiger partial charge in [0.15, 0.2) is 0 Å². The molecule has 0 fully saturated rings. The van der Waals surface area contributed by atoms with Crippen molar-refractivity contribution in [1.82, 2.24) is 4.98 Å². The summed E-state index contributed by atoms with van der Waals surface area (Å²) in [6.45, 7) is 0. The fraction of sp³-hybridized carbons (Fsp3) is 0.0625. The molecule has 0 amide bonds. The first kappa shape index (κ1) is 15.1. The maximum atomic E-state index is 11.0. The van der Waals surface area contributed by atoms with Gasteiger partial charge in [0.05, 0.1) is 0 Å². The molecule has 4 N–H and O–H groups in total. The molecule has 1 aromatic carbocycles. The predicted molar refractivity (Wildman–Crippen MR) is 79.6 cm³/mol. The van der Waals surface area contributed by atoms with E-state index in [0.717, 1.165) is 5.56 Å². The summed E-state index contributed by atoms with van der Waals surface area (Å²) in [5.41, 5.74) is 6.82. The molecule has 2 aromatic rings. The fourth-order valence-electron chi connectivity index (χ4n) is 1.72. The lowest BCUT2D eigenvalue weighted by Crippen LogP contribution is -2.08. The van der Waals surface area contributed by atoms with E-state index >= 15 is 0 Å². The van der Waals surface area contributed by atoms with E-state index in [1.54, 1.807) is 24.3 Å². The van der Waals surface area contributed by atoms with Crippen LogP contribution < -0.4 is 5.73 Å². The number of rotatable bonds is 3. The van der Waals surface area contributed by atoms with Crippen LogP contribution in [0.15, 0.2) is 36.4 Å². The largest absolute Gasteiger partial charge is 0.477 e. The number of benzene rings is 1. The van der Waals surface area contributed by atoms with Crippen molar-refractivity contribution in [2.75, 3.05) is 5.73 Å². The molecule has 0 bridgehead atoms. The molecule has 0 atom stereocenters. The summed E-state index contributed by atoms with van der Waals surface area (Å²) in [5.74, 6) is 3.20. The molecule has 0 saturated heterocycles. The zero-order chi connectivity index (χ0) is 16.1. The number of aromatic nitrogens is 1. The maximum Gasteiger partial charge on any atom is 0.354 e. The average molecular weight is 296 g/mol. The first-order chi connectivity index (χ1) is 10.5. The van der Waals surface area contributed by atoms with Crippen molar-refractivity contribution in [3.8, 4) is 11.8 Å². The Bertz CT molecular complexity index is 754. The number of carbonyl (C=O) groups is 2. The number of hydrogen-bond acceptors (Lipinski definition) is 4. The summed E-state index contributed by atoms with van der Waals surface area (Å²) in [7, 11) is 0. The molecular weight excluding hydrogens is 284 g/mol. The molecule has 110 valence electrons. The van der Waals surface area contributed by atoms with Crippen LogP contribution in [0, 0.1) is 11.8 Å². The summed E-state index contributed by atoms with van der Waals surface area (Å²) in [6, 6.07) is 9.60. The van der Waals surface area contributed by atoms with Crippen molar-refractivity contribution in [1.29, 1.82) is 0 Å². The van der Waals surface area contributed by atoms with Crippen LogP contribution in [-0.4, -0.2) is 27.1 Å². The molecule has 0 radical (unpaired) electrons. The second-order valence-corrected chi connectivity index (χ2v) is 4.46. The van der Waals surface area contributed by atoms with E-state index in [4.69, 9.17) is 15.9 Å².